The van der Waals surface area contributed by atoms with E-state index in [0.717, 1.165) is 0 Å². The summed E-state index contributed by atoms with van der Waals surface area (Å²) in [4.78, 5) is 8.56. The Morgan fingerprint density at radius 1 is 1.00 bits per heavy atom. The molecule has 0 aliphatic heterocycles. The monoisotopic (exact) mass is 398 g/mol. The van der Waals surface area contributed by atoms with E-state index in [1.165, 1.54) is 38.8 Å². The maximum absolute atomic E-state index is 8.56. The van der Waals surface area contributed by atoms with Crippen LogP contribution in [0.25, 0.3) is 10.8 Å². The molecule has 0 aromatic heterocycles. The normalized spacial score (nSPS) is 9.13. The van der Waals surface area contributed by atoms with Crippen LogP contribution in [0.15, 0.2) is 42.5 Å². The van der Waals surface area contributed by atoms with E-state index in [4.69, 9.17) is 15.0 Å². The van der Waals surface area contributed by atoms with Crippen LogP contribution in [0, 0.1) is 0 Å². The summed E-state index contributed by atoms with van der Waals surface area (Å²) in [6.07, 6.45) is -1.83. The van der Waals surface area contributed by atoms with Gasteiger partial charge in [-0.25, -0.2) is 4.79 Å². The van der Waals surface area contributed by atoms with E-state index < -0.39 is 6.16 Å². The van der Waals surface area contributed by atoms with E-state index in [-0.39, 0.29) is 0 Å². The van der Waals surface area contributed by atoms with Crippen LogP contribution in [0.5, 0.6) is 0 Å². The summed E-state index contributed by atoms with van der Waals surface area (Å²) in [6, 6.07) is 15.0. The van der Waals surface area contributed by atoms with Crippen LogP contribution in [0.1, 0.15) is 0 Å². The first-order chi connectivity index (χ1) is 7.11. The first-order valence-corrected chi connectivity index (χ1v) is 5.93. The summed E-state index contributed by atoms with van der Waals surface area (Å²) in [5.41, 5.74) is 0. The van der Waals surface area contributed by atoms with Crippen molar-refractivity contribution in [2.45, 2.75) is 0 Å². The van der Waals surface area contributed by atoms with Gasteiger partial charge in [0, 0.05) is 0 Å². The summed E-state index contributed by atoms with van der Waals surface area (Å²) < 4.78 is 1.46. The molecular formula is C11H9BiO3. The summed E-state index contributed by atoms with van der Waals surface area (Å²) >= 11 is 1.34. The van der Waals surface area contributed by atoms with E-state index >= 15 is 0 Å². The fourth-order valence-electron chi connectivity index (χ4n) is 1.21. The summed E-state index contributed by atoms with van der Waals surface area (Å²) in [7, 11) is 0. The molecule has 0 bridgehead atoms. The fourth-order valence-corrected chi connectivity index (χ4v) is 2.33. The Hall–Kier alpha value is -1.15. The van der Waals surface area contributed by atoms with E-state index in [2.05, 4.69) is 42.5 Å². The molecule has 0 aliphatic rings. The van der Waals surface area contributed by atoms with Crippen molar-refractivity contribution >= 4 is 44.9 Å². The minimum absolute atomic E-state index is 1.34. The average Bonchev–Trinajstić information content (AvgIpc) is 2.18. The Morgan fingerprint density at radius 2 is 1.53 bits per heavy atom. The van der Waals surface area contributed by atoms with Gasteiger partial charge in [-0.3, -0.25) is 0 Å². The van der Waals surface area contributed by atoms with Crippen LogP contribution >= 0.6 is 0 Å². The summed E-state index contributed by atoms with van der Waals surface area (Å²) in [6.45, 7) is 0. The molecule has 76 valence electrons. The molecule has 15 heavy (non-hydrogen) atoms. The molecule has 2 aromatic rings. The van der Waals surface area contributed by atoms with Gasteiger partial charge in [-0.2, -0.15) is 0 Å². The van der Waals surface area contributed by atoms with Gasteiger partial charge in [-0.15, -0.1) is 0 Å². The summed E-state index contributed by atoms with van der Waals surface area (Å²) in [5.74, 6) is 0. The number of hydrogen-bond acceptors (Lipinski definition) is 1. The van der Waals surface area contributed by atoms with Gasteiger partial charge in [0.15, 0.2) is 0 Å². The molecule has 3 nitrogen and oxygen atoms in total. The third-order valence-electron chi connectivity index (χ3n) is 1.77. The van der Waals surface area contributed by atoms with Gasteiger partial charge in [0.05, 0.1) is 0 Å². The van der Waals surface area contributed by atoms with Crippen LogP contribution in [0.3, 0.4) is 0 Å². The van der Waals surface area contributed by atoms with Crippen molar-refractivity contribution < 1.29 is 15.0 Å². The van der Waals surface area contributed by atoms with E-state index in [1.807, 2.05) is 0 Å². The molecule has 0 unspecified atom stereocenters. The van der Waals surface area contributed by atoms with Crippen LogP contribution in [-0.4, -0.2) is 41.1 Å². The van der Waals surface area contributed by atoms with Crippen molar-refractivity contribution in [2.24, 2.45) is 0 Å². The molecule has 0 fully saturated rings. The number of rotatable bonds is 0. The second-order valence-electron chi connectivity index (χ2n) is 2.78. The molecule has 2 rings (SSSR count). The number of fused-ring (bicyclic) bond motifs is 1. The molecule has 0 saturated heterocycles. The van der Waals surface area contributed by atoms with Gasteiger partial charge >= 0.3 is 87.4 Å². The Morgan fingerprint density at radius 3 is 2.13 bits per heavy atom. The topological polar surface area (TPSA) is 57.5 Å². The number of hydrogen-bond donors (Lipinski definition) is 2. The quantitative estimate of drug-likeness (QED) is 0.667. The molecule has 0 aliphatic carbocycles. The first-order valence-electron chi connectivity index (χ1n) is 4.20. The van der Waals surface area contributed by atoms with E-state index in [1.54, 1.807) is 0 Å². The fraction of sp³-hybridized carbons (Fsp3) is 0. The van der Waals surface area contributed by atoms with Gasteiger partial charge in [-0.05, 0) is 0 Å². The molecule has 0 saturated carbocycles. The molecule has 0 heterocycles. The second kappa shape index (κ2) is 5.67. The second-order valence-corrected chi connectivity index (χ2v) is 4.65. The molecular weight excluding hydrogens is 389 g/mol. The third kappa shape index (κ3) is 3.84. The molecule has 0 atom stereocenters. The molecule has 2 radical (unpaired) electrons. The van der Waals surface area contributed by atoms with E-state index in [9.17, 15) is 0 Å². The van der Waals surface area contributed by atoms with Crippen molar-refractivity contribution in [3.05, 3.63) is 42.5 Å². The van der Waals surface area contributed by atoms with Crippen LogP contribution in [0.4, 0.5) is 4.79 Å². The molecule has 2 aromatic carbocycles. The maximum atomic E-state index is 8.56. The van der Waals surface area contributed by atoms with Gasteiger partial charge in [-0.1, -0.05) is 0 Å². The predicted octanol–water partition coefficient (Wildman–Crippen LogP) is 1.86. The Kier molecular flexibility index (Phi) is 4.50. The molecule has 4 heteroatoms. The molecule has 2 N–H and O–H groups in total. The zero-order chi connectivity index (χ0) is 11.3. The SMILES string of the molecule is O=C(O)O.[Bi][c]1cccc2ccccc12. The Bertz CT molecular complexity index is 459. The van der Waals surface area contributed by atoms with Gasteiger partial charge in [0.1, 0.15) is 0 Å². The van der Waals surface area contributed by atoms with Crippen molar-refractivity contribution in [2.75, 3.05) is 0 Å². The van der Waals surface area contributed by atoms with Crippen LogP contribution < -0.4 is 3.27 Å². The van der Waals surface area contributed by atoms with Gasteiger partial charge in [0.2, 0.25) is 0 Å². The summed E-state index contributed by atoms with van der Waals surface area (Å²) in [5, 5.41) is 16.7. The average molecular weight is 398 g/mol. The van der Waals surface area contributed by atoms with Crippen molar-refractivity contribution in [1.82, 2.24) is 0 Å². The standard InChI is InChI=1S/C10H7.CH2O3.Bi/c1-2-6-10-8-4-3-7-9(10)5-1;2-1(3)4;/h1-7H;(H2,2,3,4);. The Balaban J connectivity index is 0.000000245. The Labute approximate surface area is 102 Å². The van der Waals surface area contributed by atoms with Gasteiger partial charge in [0.25, 0.3) is 0 Å². The van der Waals surface area contributed by atoms with Crippen molar-refractivity contribution in [3.8, 4) is 0 Å². The van der Waals surface area contributed by atoms with Crippen molar-refractivity contribution in [1.29, 1.82) is 0 Å². The van der Waals surface area contributed by atoms with E-state index in [0.29, 0.717) is 0 Å². The molecule has 0 spiro atoms. The zero-order valence-electron chi connectivity index (χ0n) is 7.79. The number of carbonyl (C=O) groups is 1. The van der Waals surface area contributed by atoms with Gasteiger partial charge < -0.3 is 10.2 Å². The number of benzene rings is 2. The zero-order valence-corrected chi connectivity index (χ0v) is 11.3. The minimum atomic E-state index is -1.83. The van der Waals surface area contributed by atoms with Crippen LogP contribution in [-0.2, 0) is 0 Å². The van der Waals surface area contributed by atoms with Crippen molar-refractivity contribution in [3.63, 3.8) is 0 Å². The number of carboxylic acid groups (broad SMARTS) is 2. The molecule has 0 amide bonds. The first kappa shape index (κ1) is 11.9. The predicted molar refractivity (Wildman–Crippen MR) is 60.0 cm³/mol. The third-order valence-corrected chi connectivity index (χ3v) is 3.28. The van der Waals surface area contributed by atoms with Crippen LogP contribution in [0.2, 0.25) is 0 Å².